The molecule has 0 spiro atoms. The quantitative estimate of drug-likeness (QED) is 0.343. The molecule has 0 aliphatic carbocycles. The van der Waals surface area contributed by atoms with Crippen molar-refractivity contribution in [3.63, 3.8) is 0 Å². The highest BCUT2D eigenvalue weighted by atomic mass is 35.5. The molecule has 1 aromatic heterocycles. The third-order valence-electron chi connectivity index (χ3n) is 5.77. The highest BCUT2D eigenvalue weighted by molar-refractivity contribution is 8.00. The second-order valence-corrected chi connectivity index (χ2v) is 10.7. The lowest BCUT2D eigenvalue weighted by molar-refractivity contribution is -0.147. The minimum atomic E-state index is -0.312. The molecule has 35 heavy (non-hydrogen) atoms. The average molecular weight is 516 g/mol. The van der Waals surface area contributed by atoms with Crippen molar-refractivity contribution in [3.8, 4) is 17.2 Å². The Morgan fingerprint density at radius 3 is 2.51 bits per heavy atom. The van der Waals surface area contributed by atoms with Gasteiger partial charge in [-0.3, -0.25) is 9.36 Å². The van der Waals surface area contributed by atoms with Crippen LogP contribution in [0.3, 0.4) is 0 Å². The second kappa shape index (κ2) is 10.5. The van der Waals surface area contributed by atoms with Crippen molar-refractivity contribution in [2.75, 3.05) is 14.2 Å². The zero-order valence-corrected chi connectivity index (χ0v) is 22.3. The molecular formula is C26H30ClN3O4S. The summed E-state index contributed by atoms with van der Waals surface area (Å²) in [6.45, 7) is 7.85. The van der Waals surface area contributed by atoms with Crippen molar-refractivity contribution in [2.45, 2.75) is 56.6 Å². The van der Waals surface area contributed by atoms with E-state index < -0.39 is 0 Å². The van der Waals surface area contributed by atoms with E-state index in [-0.39, 0.29) is 34.9 Å². The number of fused-ring (bicyclic) bond motifs is 3. The normalized spacial score (nSPS) is 17.1. The van der Waals surface area contributed by atoms with E-state index in [0.717, 1.165) is 22.6 Å². The lowest BCUT2D eigenvalue weighted by atomic mass is 10.0. The highest BCUT2D eigenvalue weighted by Gasteiger charge is 2.37. The molecule has 1 aliphatic heterocycles. The lowest BCUT2D eigenvalue weighted by Crippen LogP contribution is -2.16. The van der Waals surface area contributed by atoms with Crippen molar-refractivity contribution >= 4 is 29.3 Å². The summed E-state index contributed by atoms with van der Waals surface area (Å²) in [6, 6.07) is 11.6. The molecule has 1 aliphatic rings. The molecular weight excluding hydrogens is 486 g/mol. The number of ether oxygens (including phenoxy) is 3. The van der Waals surface area contributed by atoms with Gasteiger partial charge in [0.25, 0.3) is 0 Å². The van der Waals surface area contributed by atoms with Crippen LogP contribution < -0.4 is 9.47 Å². The topological polar surface area (TPSA) is 75.5 Å². The molecule has 0 amide bonds. The van der Waals surface area contributed by atoms with E-state index in [2.05, 4.69) is 28.6 Å². The standard InChI is InChI=1S/C26H30ClN3O4S/c1-14(2)25-28-29-26-21(13-22(31)34-15(3)4)35-24(17-8-7-9-20(32-5)23(17)33-6)18-12-16(27)10-11-19(18)30(25)26/h7-12,14-15,21,24H,13H2,1-6H3/t21-,24-/m1/s1. The van der Waals surface area contributed by atoms with Crippen molar-refractivity contribution in [1.82, 2.24) is 14.8 Å². The van der Waals surface area contributed by atoms with Crippen LogP contribution in [0.15, 0.2) is 36.4 Å². The summed E-state index contributed by atoms with van der Waals surface area (Å²) in [5.41, 5.74) is 2.84. The number of methoxy groups -OCH3 is 2. The van der Waals surface area contributed by atoms with Crippen LogP contribution in [0.1, 0.15) is 73.3 Å². The summed E-state index contributed by atoms with van der Waals surface area (Å²) in [5, 5.41) is 9.17. The zero-order valence-electron chi connectivity index (χ0n) is 20.7. The predicted octanol–water partition coefficient (Wildman–Crippen LogP) is 6.28. The van der Waals surface area contributed by atoms with Crippen LogP contribution >= 0.6 is 23.4 Å². The van der Waals surface area contributed by atoms with Gasteiger partial charge in [0, 0.05) is 16.5 Å². The Hall–Kier alpha value is -2.71. The van der Waals surface area contributed by atoms with Crippen molar-refractivity contribution < 1.29 is 19.0 Å². The minimum Gasteiger partial charge on any atom is -0.493 e. The van der Waals surface area contributed by atoms with Gasteiger partial charge in [-0.1, -0.05) is 37.6 Å². The van der Waals surface area contributed by atoms with Crippen molar-refractivity contribution in [1.29, 1.82) is 0 Å². The van der Waals surface area contributed by atoms with Crippen LogP contribution in [-0.4, -0.2) is 41.1 Å². The van der Waals surface area contributed by atoms with Gasteiger partial charge in [-0.2, -0.15) is 0 Å². The molecule has 0 bridgehead atoms. The molecule has 7 nitrogen and oxygen atoms in total. The number of hydrogen-bond donors (Lipinski definition) is 0. The average Bonchev–Trinajstić information content (AvgIpc) is 3.21. The van der Waals surface area contributed by atoms with Gasteiger partial charge in [-0.15, -0.1) is 22.0 Å². The molecule has 0 fully saturated rings. The summed E-state index contributed by atoms with van der Waals surface area (Å²) in [6.07, 6.45) is -0.0449. The first-order chi connectivity index (χ1) is 16.7. The first kappa shape index (κ1) is 25.4. The Labute approximate surface area is 215 Å². The largest absolute Gasteiger partial charge is 0.493 e. The fourth-order valence-corrected chi connectivity index (χ4v) is 6.02. The van der Waals surface area contributed by atoms with Crippen LogP contribution in [0.5, 0.6) is 11.5 Å². The molecule has 0 radical (unpaired) electrons. The Kier molecular flexibility index (Phi) is 7.62. The summed E-state index contributed by atoms with van der Waals surface area (Å²) >= 11 is 8.13. The highest BCUT2D eigenvalue weighted by Crippen LogP contribution is 2.54. The summed E-state index contributed by atoms with van der Waals surface area (Å²) in [4.78, 5) is 12.8. The summed E-state index contributed by atoms with van der Waals surface area (Å²) in [5.74, 6) is 2.66. The predicted molar refractivity (Wildman–Crippen MR) is 138 cm³/mol. The maximum atomic E-state index is 12.8. The summed E-state index contributed by atoms with van der Waals surface area (Å²) in [7, 11) is 3.25. The third kappa shape index (κ3) is 5.00. The van der Waals surface area contributed by atoms with Gasteiger partial charge in [0.05, 0.1) is 42.9 Å². The van der Waals surface area contributed by atoms with Gasteiger partial charge in [-0.25, -0.2) is 0 Å². The molecule has 0 saturated heterocycles. The van der Waals surface area contributed by atoms with E-state index in [9.17, 15) is 4.79 Å². The maximum absolute atomic E-state index is 12.8. The number of thioether (sulfide) groups is 1. The van der Waals surface area contributed by atoms with Crippen LogP contribution in [0.4, 0.5) is 0 Å². The second-order valence-electron chi connectivity index (χ2n) is 8.94. The van der Waals surface area contributed by atoms with Gasteiger partial charge in [0.2, 0.25) is 0 Å². The molecule has 2 aromatic carbocycles. The number of hydrogen-bond acceptors (Lipinski definition) is 7. The van der Waals surface area contributed by atoms with E-state index in [1.807, 2.05) is 50.2 Å². The molecule has 0 unspecified atom stereocenters. The molecule has 3 aromatic rings. The van der Waals surface area contributed by atoms with Crippen LogP contribution in [0.2, 0.25) is 5.02 Å². The fraction of sp³-hybridized carbons (Fsp3) is 0.423. The number of carbonyl (C=O) groups is 1. The maximum Gasteiger partial charge on any atom is 0.307 e. The van der Waals surface area contributed by atoms with Crippen LogP contribution in [0, 0.1) is 0 Å². The molecule has 9 heteroatoms. The molecule has 2 heterocycles. The van der Waals surface area contributed by atoms with E-state index in [1.54, 1.807) is 26.0 Å². The van der Waals surface area contributed by atoms with Crippen molar-refractivity contribution in [3.05, 3.63) is 64.2 Å². The summed E-state index contributed by atoms with van der Waals surface area (Å²) < 4.78 is 19.0. The van der Waals surface area contributed by atoms with Gasteiger partial charge in [0.15, 0.2) is 17.3 Å². The van der Waals surface area contributed by atoms with Crippen molar-refractivity contribution in [2.24, 2.45) is 0 Å². The first-order valence-corrected chi connectivity index (χ1v) is 12.9. The molecule has 0 saturated carbocycles. The Bertz CT molecular complexity index is 1230. The van der Waals surface area contributed by atoms with Crippen LogP contribution in [-0.2, 0) is 9.53 Å². The molecule has 0 N–H and O–H groups in total. The number of carbonyl (C=O) groups excluding carboxylic acids is 1. The molecule has 186 valence electrons. The smallest absolute Gasteiger partial charge is 0.307 e. The molecule has 2 atom stereocenters. The number of para-hydroxylation sites is 1. The van der Waals surface area contributed by atoms with Gasteiger partial charge in [-0.05, 0) is 43.7 Å². The fourth-order valence-electron chi connectivity index (χ4n) is 4.34. The number of halogens is 1. The van der Waals surface area contributed by atoms with E-state index in [4.69, 9.17) is 25.8 Å². The van der Waals surface area contributed by atoms with E-state index in [1.165, 1.54) is 0 Å². The third-order valence-corrected chi connectivity index (χ3v) is 7.49. The van der Waals surface area contributed by atoms with E-state index in [0.29, 0.717) is 22.3 Å². The Balaban J connectivity index is 1.95. The minimum absolute atomic E-state index is 0.121. The molecule has 4 rings (SSSR count). The van der Waals surface area contributed by atoms with E-state index >= 15 is 0 Å². The number of rotatable bonds is 7. The monoisotopic (exact) mass is 515 g/mol. The van der Waals surface area contributed by atoms with Gasteiger partial charge in [0.1, 0.15) is 5.82 Å². The van der Waals surface area contributed by atoms with Gasteiger partial charge >= 0.3 is 5.97 Å². The number of aromatic nitrogens is 3. The lowest BCUT2D eigenvalue weighted by Gasteiger charge is -2.24. The Morgan fingerprint density at radius 2 is 1.86 bits per heavy atom. The number of benzene rings is 2. The first-order valence-electron chi connectivity index (χ1n) is 11.6. The SMILES string of the molecule is COc1cccc([C@H]2S[C@H](CC(=O)OC(C)C)c3nnc(C(C)C)n3-c3ccc(Cl)cc32)c1OC. The Morgan fingerprint density at radius 1 is 1.09 bits per heavy atom. The number of nitrogens with zero attached hydrogens (tertiary/aromatic N) is 3. The zero-order chi connectivity index (χ0) is 25.3. The van der Waals surface area contributed by atoms with Crippen LogP contribution in [0.25, 0.3) is 5.69 Å². The van der Waals surface area contributed by atoms with Gasteiger partial charge < -0.3 is 14.2 Å². The number of esters is 1.